The molecule has 0 aliphatic rings. The molecular formula is C21H20ClFN4O3. The Kier molecular flexibility index (Phi) is 6.47. The van der Waals surface area contributed by atoms with Crippen molar-refractivity contribution in [2.45, 2.75) is 20.4 Å². The van der Waals surface area contributed by atoms with E-state index >= 15 is 0 Å². The third kappa shape index (κ3) is 4.83. The summed E-state index contributed by atoms with van der Waals surface area (Å²) in [5, 5.41) is 7.13. The molecule has 7 nitrogen and oxygen atoms in total. The van der Waals surface area contributed by atoms with E-state index in [4.69, 9.17) is 11.6 Å². The number of amides is 1. The first-order valence-electron chi connectivity index (χ1n) is 9.29. The number of aromatic nitrogens is 3. The Balaban J connectivity index is 2.14. The van der Waals surface area contributed by atoms with Gasteiger partial charge in [-0.1, -0.05) is 37.6 Å². The van der Waals surface area contributed by atoms with Crippen LogP contribution in [-0.2, 0) is 6.54 Å². The van der Waals surface area contributed by atoms with Gasteiger partial charge in [-0.15, -0.1) is 0 Å². The molecule has 9 heteroatoms. The Labute approximate surface area is 176 Å². The van der Waals surface area contributed by atoms with Crippen molar-refractivity contribution >= 4 is 17.5 Å². The third-order valence-electron chi connectivity index (χ3n) is 4.27. The van der Waals surface area contributed by atoms with Crippen LogP contribution >= 0.6 is 11.6 Å². The third-order valence-corrected chi connectivity index (χ3v) is 4.52. The van der Waals surface area contributed by atoms with Gasteiger partial charge in [0.05, 0.1) is 12.2 Å². The first-order chi connectivity index (χ1) is 14.3. The molecule has 30 heavy (non-hydrogen) atoms. The van der Waals surface area contributed by atoms with Crippen molar-refractivity contribution in [3.63, 3.8) is 0 Å². The summed E-state index contributed by atoms with van der Waals surface area (Å²) in [6.07, 6.45) is 0. The number of nitrogens with one attached hydrogen (secondary N) is 1. The van der Waals surface area contributed by atoms with Gasteiger partial charge in [0.15, 0.2) is 0 Å². The maximum Gasteiger partial charge on any atom is 0.352 e. The molecule has 2 aromatic carbocycles. The van der Waals surface area contributed by atoms with E-state index in [2.05, 4.69) is 10.4 Å². The van der Waals surface area contributed by atoms with Gasteiger partial charge in [-0.25, -0.2) is 9.18 Å². The molecule has 3 aromatic rings. The highest BCUT2D eigenvalue weighted by atomic mass is 35.5. The number of hydrogen-bond acceptors (Lipinski definition) is 4. The van der Waals surface area contributed by atoms with Gasteiger partial charge in [0.1, 0.15) is 5.82 Å². The minimum atomic E-state index is -0.823. The second-order valence-electron chi connectivity index (χ2n) is 7.14. The molecule has 0 saturated heterocycles. The van der Waals surface area contributed by atoms with Gasteiger partial charge in [-0.2, -0.15) is 9.78 Å². The zero-order valence-electron chi connectivity index (χ0n) is 16.4. The maximum atomic E-state index is 13.2. The number of rotatable bonds is 6. The summed E-state index contributed by atoms with van der Waals surface area (Å²) < 4.78 is 15.1. The van der Waals surface area contributed by atoms with Crippen molar-refractivity contribution in [3.8, 4) is 5.69 Å². The van der Waals surface area contributed by atoms with E-state index in [9.17, 15) is 18.8 Å². The average Bonchev–Trinajstić information content (AvgIpc) is 2.72. The lowest BCUT2D eigenvalue weighted by molar-refractivity contribution is 0.0939. The fourth-order valence-corrected chi connectivity index (χ4v) is 2.83. The second-order valence-corrected chi connectivity index (χ2v) is 7.58. The molecular weight excluding hydrogens is 411 g/mol. The fraction of sp³-hybridized carbons (Fsp3) is 0.238. The topological polar surface area (TPSA) is 86.0 Å². The number of halogens is 2. The van der Waals surface area contributed by atoms with Gasteiger partial charge in [-0.05, 0) is 47.9 Å². The van der Waals surface area contributed by atoms with Crippen LogP contribution in [0.1, 0.15) is 29.9 Å². The van der Waals surface area contributed by atoms with Crippen LogP contribution in [-0.4, -0.2) is 26.8 Å². The van der Waals surface area contributed by atoms with Crippen LogP contribution in [0, 0.1) is 11.7 Å². The maximum absolute atomic E-state index is 13.2. The van der Waals surface area contributed by atoms with Crippen molar-refractivity contribution in [1.82, 2.24) is 19.7 Å². The first kappa shape index (κ1) is 21.4. The molecule has 0 fully saturated rings. The Morgan fingerprint density at radius 3 is 2.33 bits per heavy atom. The zero-order valence-corrected chi connectivity index (χ0v) is 17.2. The molecule has 0 atom stereocenters. The number of carbonyl (C=O) groups excluding carboxylic acids is 1. The van der Waals surface area contributed by atoms with E-state index in [0.717, 1.165) is 9.25 Å². The van der Waals surface area contributed by atoms with Crippen LogP contribution in [0.25, 0.3) is 5.69 Å². The molecule has 0 unspecified atom stereocenters. The van der Waals surface area contributed by atoms with E-state index in [1.807, 2.05) is 13.8 Å². The SMILES string of the molecule is CC(C)CNC(=O)c1nn(-c2ccc(Cl)cc2)c(=O)n(Cc2ccc(F)cc2)c1=O. The molecule has 156 valence electrons. The van der Waals surface area contributed by atoms with Crippen LogP contribution in [0.5, 0.6) is 0 Å². The Morgan fingerprint density at radius 1 is 1.10 bits per heavy atom. The van der Waals surface area contributed by atoms with Crippen LogP contribution in [0.15, 0.2) is 58.1 Å². The van der Waals surface area contributed by atoms with Gasteiger partial charge in [0.2, 0.25) is 5.69 Å². The summed E-state index contributed by atoms with van der Waals surface area (Å²) in [4.78, 5) is 38.5. The first-order valence-corrected chi connectivity index (χ1v) is 9.67. The Bertz CT molecular complexity index is 1170. The minimum absolute atomic E-state index is 0.140. The van der Waals surface area contributed by atoms with Crippen LogP contribution in [0.2, 0.25) is 5.02 Å². The van der Waals surface area contributed by atoms with E-state index in [1.165, 1.54) is 24.3 Å². The number of benzene rings is 2. The quantitative estimate of drug-likeness (QED) is 0.651. The molecule has 0 bridgehead atoms. The summed E-state index contributed by atoms with van der Waals surface area (Å²) in [6, 6.07) is 11.6. The molecule has 1 N–H and O–H groups in total. The van der Waals surface area contributed by atoms with Crippen molar-refractivity contribution in [3.05, 3.63) is 91.5 Å². The predicted molar refractivity (Wildman–Crippen MR) is 112 cm³/mol. The lowest BCUT2D eigenvalue weighted by Gasteiger charge is -2.13. The van der Waals surface area contributed by atoms with Crippen molar-refractivity contribution in [1.29, 1.82) is 0 Å². The highest BCUT2D eigenvalue weighted by Gasteiger charge is 2.20. The molecule has 3 rings (SSSR count). The molecule has 0 aliphatic carbocycles. The largest absolute Gasteiger partial charge is 0.352 e. The van der Waals surface area contributed by atoms with Gasteiger partial charge in [0, 0.05) is 11.6 Å². The zero-order chi connectivity index (χ0) is 21.8. The van der Waals surface area contributed by atoms with E-state index in [0.29, 0.717) is 22.8 Å². The standard InChI is InChI=1S/C21H20ClFN4O3/c1-13(2)11-24-19(28)18-20(29)26(12-14-3-7-16(23)8-4-14)21(30)27(25-18)17-9-5-15(22)6-10-17/h3-10,13H,11-12H2,1-2H3,(H,24,28). The number of nitrogens with zero attached hydrogens (tertiary/aromatic N) is 3. The highest BCUT2D eigenvalue weighted by molar-refractivity contribution is 6.30. The summed E-state index contributed by atoms with van der Waals surface area (Å²) in [6.45, 7) is 4.03. The predicted octanol–water partition coefficient (Wildman–Crippen LogP) is 2.62. The highest BCUT2D eigenvalue weighted by Crippen LogP contribution is 2.11. The monoisotopic (exact) mass is 430 g/mol. The Hall–Kier alpha value is -3.26. The lowest BCUT2D eigenvalue weighted by Crippen LogP contribution is -2.46. The smallest absolute Gasteiger partial charge is 0.350 e. The molecule has 1 aromatic heterocycles. The summed E-state index contributed by atoms with van der Waals surface area (Å²) in [7, 11) is 0. The average molecular weight is 431 g/mol. The number of carbonyl (C=O) groups is 1. The summed E-state index contributed by atoms with van der Waals surface area (Å²) in [5.41, 5.74) is -1.09. The van der Waals surface area contributed by atoms with Gasteiger partial charge >= 0.3 is 5.69 Å². The van der Waals surface area contributed by atoms with E-state index in [-0.39, 0.29) is 12.5 Å². The molecule has 0 saturated carbocycles. The normalized spacial score (nSPS) is 11.0. The Morgan fingerprint density at radius 2 is 1.73 bits per heavy atom. The molecule has 0 radical (unpaired) electrons. The second kappa shape index (κ2) is 9.04. The summed E-state index contributed by atoms with van der Waals surface area (Å²) >= 11 is 5.91. The van der Waals surface area contributed by atoms with E-state index < -0.39 is 28.7 Å². The molecule has 1 heterocycles. The minimum Gasteiger partial charge on any atom is -0.350 e. The van der Waals surface area contributed by atoms with Crippen LogP contribution in [0.3, 0.4) is 0 Å². The molecule has 0 spiro atoms. The van der Waals surface area contributed by atoms with Gasteiger partial charge in [-0.3, -0.25) is 14.2 Å². The summed E-state index contributed by atoms with van der Waals surface area (Å²) in [5.74, 6) is -0.949. The van der Waals surface area contributed by atoms with Crippen molar-refractivity contribution < 1.29 is 9.18 Å². The van der Waals surface area contributed by atoms with E-state index in [1.54, 1.807) is 24.3 Å². The lowest BCUT2D eigenvalue weighted by atomic mass is 10.2. The van der Waals surface area contributed by atoms with Gasteiger partial charge < -0.3 is 5.32 Å². The molecule has 1 amide bonds. The van der Waals surface area contributed by atoms with Crippen molar-refractivity contribution in [2.24, 2.45) is 5.92 Å². The van der Waals surface area contributed by atoms with Crippen LogP contribution < -0.4 is 16.6 Å². The molecule has 0 aliphatic heterocycles. The van der Waals surface area contributed by atoms with Crippen LogP contribution in [0.4, 0.5) is 4.39 Å². The van der Waals surface area contributed by atoms with Gasteiger partial charge in [0.25, 0.3) is 11.5 Å². The van der Waals surface area contributed by atoms with Crippen molar-refractivity contribution in [2.75, 3.05) is 6.54 Å². The fourth-order valence-electron chi connectivity index (χ4n) is 2.70. The number of hydrogen-bond donors (Lipinski definition) is 1.